The minimum absolute atomic E-state index is 0.0254. The van der Waals surface area contributed by atoms with E-state index in [0.717, 1.165) is 24.4 Å². The third kappa shape index (κ3) is 2.63. The van der Waals surface area contributed by atoms with Crippen LogP contribution in [-0.2, 0) is 11.2 Å². The smallest absolute Gasteiger partial charge is 0.237 e. The number of aryl methyl sites for hydroxylation is 2. The molecule has 1 atom stereocenters. The molecule has 2 aromatic rings. The first-order valence-corrected chi connectivity index (χ1v) is 7.05. The Bertz CT molecular complexity index is 610. The fourth-order valence-corrected chi connectivity index (χ4v) is 3.05. The molecule has 0 saturated heterocycles. The van der Waals surface area contributed by atoms with Gasteiger partial charge < -0.3 is 5.32 Å². The van der Waals surface area contributed by atoms with Crippen LogP contribution in [0.4, 0.5) is 5.69 Å². The van der Waals surface area contributed by atoms with Crippen molar-refractivity contribution in [2.24, 2.45) is 0 Å². The number of benzene rings is 1. The molecule has 0 fully saturated rings. The highest BCUT2D eigenvalue weighted by Crippen LogP contribution is 2.29. The molecule has 1 unspecified atom stereocenters. The first-order chi connectivity index (χ1) is 9.22. The number of para-hydroxylation sites is 1. The minimum atomic E-state index is -0.150. The molecule has 2 heterocycles. The third-order valence-electron chi connectivity index (χ3n) is 3.07. The van der Waals surface area contributed by atoms with Crippen LogP contribution >= 0.6 is 11.8 Å². The molecule has 3 rings (SSSR count). The van der Waals surface area contributed by atoms with Gasteiger partial charge in [-0.3, -0.25) is 9.89 Å². The number of H-pyrrole nitrogens is 1. The number of nitrogens with zero attached hydrogens (tertiary/aromatic N) is 2. The van der Waals surface area contributed by atoms with E-state index >= 15 is 0 Å². The summed E-state index contributed by atoms with van der Waals surface area (Å²) in [6.07, 6.45) is 1.68. The number of aromatic amines is 1. The lowest BCUT2D eigenvalue weighted by Crippen LogP contribution is -2.23. The van der Waals surface area contributed by atoms with Crippen molar-refractivity contribution in [2.75, 3.05) is 5.32 Å². The van der Waals surface area contributed by atoms with Gasteiger partial charge in [0.05, 0.1) is 5.25 Å². The maximum atomic E-state index is 12.2. The summed E-state index contributed by atoms with van der Waals surface area (Å²) in [4.78, 5) is 16.4. The molecule has 0 bridgehead atoms. The number of carbonyl (C=O) groups excluding carboxylic acids is 1. The second-order valence-corrected chi connectivity index (χ2v) is 5.66. The molecule has 5 nitrogen and oxygen atoms in total. The Labute approximate surface area is 115 Å². The van der Waals surface area contributed by atoms with Crippen molar-refractivity contribution in [3.05, 3.63) is 35.7 Å². The molecule has 1 aliphatic rings. The maximum Gasteiger partial charge on any atom is 0.237 e. The largest absolute Gasteiger partial charge is 0.325 e. The van der Waals surface area contributed by atoms with Crippen molar-refractivity contribution in [1.82, 2.24) is 15.2 Å². The van der Waals surface area contributed by atoms with Gasteiger partial charge in [0.2, 0.25) is 11.1 Å². The van der Waals surface area contributed by atoms with Gasteiger partial charge in [0.25, 0.3) is 0 Å². The molecule has 0 spiro atoms. The number of hydrogen-bond donors (Lipinski definition) is 2. The average Bonchev–Trinajstić information content (AvgIpc) is 2.74. The molecule has 1 amide bonds. The second-order valence-electron chi connectivity index (χ2n) is 4.49. The van der Waals surface area contributed by atoms with Gasteiger partial charge in [0.15, 0.2) is 0 Å². The molecule has 98 valence electrons. The predicted molar refractivity (Wildman–Crippen MR) is 74.2 cm³/mol. The summed E-state index contributed by atoms with van der Waals surface area (Å²) in [6.45, 7) is 1.85. The summed E-state index contributed by atoms with van der Waals surface area (Å²) in [7, 11) is 0. The Morgan fingerprint density at radius 1 is 1.37 bits per heavy atom. The molecule has 1 aromatic carbocycles. The molecule has 0 saturated carbocycles. The molecule has 1 aliphatic heterocycles. The fourth-order valence-electron chi connectivity index (χ4n) is 2.11. The topological polar surface area (TPSA) is 70.7 Å². The Hall–Kier alpha value is -1.82. The molecule has 2 N–H and O–H groups in total. The summed E-state index contributed by atoms with van der Waals surface area (Å²) in [6, 6.07) is 7.93. The van der Waals surface area contributed by atoms with Crippen molar-refractivity contribution in [2.45, 2.75) is 30.2 Å². The number of amides is 1. The molecule has 1 aromatic heterocycles. The van der Waals surface area contributed by atoms with Crippen LogP contribution < -0.4 is 5.32 Å². The fraction of sp³-hybridized carbons (Fsp3) is 0.308. The number of hydrogen-bond acceptors (Lipinski definition) is 4. The van der Waals surface area contributed by atoms with Crippen molar-refractivity contribution in [3.63, 3.8) is 0 Å². The van der Waals surface area contributed by atoms with E-state index in [-0.39, 0.29) is 11.2 Å². The van der Waals surface area contributed by atoms with E-state index in [1.165, 1.54) is 17.3 Å². The lowest BCUT2D eigenvalue weighted by atomic mass is 10.1. The zero-order valence-corrected chi connectivity index (χ0v) is 11.3. The first kappa shape index (κ1) is 12.2. The summed E-state index contributed by atoms with van der Waals surface area (Å²) in [5.41, 5.74) is 2.10. The van der Waals surface area contributed by atoms with Gasteiger partial charge in [-0.05, 0) is 31.4 Å². The number of aromatic nitrogens is 3. The monoisotopic (exact) mass is 274 g/mol. The third-order valence-corrected chi connectivity index (χ3v) is 4.20. The number of carbonyl (C=O) groups is 1. The summed E-state index contributed by atoms with van der Waals surface area (Å²) in [5, 5.41) is 10.3. The van der Waals surface area contributed by atoms with E-state index < -0.39 is 0 Å². The SMILES string of the molecule is Cc1nc(SC2CCc3ccccc3NC2=O)n[nH]1. The van der Waals surface area contributed by atoms with Crippen molar-refractivity contribution in [1.29, 1.82) is 0 Å². The molecule has 0 radical (unpaired) electrons. The minimum Gasteiger partial charge on any atom is -0.325 e. The first-order valence-electron chi connectivity index (χ1n) is 6.17. The Balaban J connectivity index is 1.77. The van der Waals surface area contributed by atoms with Crippen LogP contribution in [-0.4, -0.2) is 26.3 Å². The van der Waals surface area contributed by atoms with Crippen molar-refractivity contribution < 1.29 is 4.79 Å². The Kier molecular flexibility index (Phi) is 3.25. The van der Waals surface area contributed by atoms with Crippen LogP contribution in [0.3, 0.4) is 0 Å². The van der Waals surface area contributed by atoms with Crippen molar-refractivity contribution >= 4 is 23.4 Å². The Morgan fingerprint density at radius 3 is 3.00 bits per heavy atom. The van der Waals surface area contributed by atoms with E-state index in [4.69, 9.17) is 0 Å². The molecule has 19 heavy (non-hydrogen) atoms. The van der Waals surface area contributed by atoms with Crippen LogP contribution in [0.2, 0.25) is 0 Å². The van der Waals surface area contributed by atoms with Crippen LogP contribution in [0.15, 0.2) is 29.4 Å². The molecule has 0 aliphatic carbocycles. The standard InChI is InChI=1S/C13H14N4OS/c1-8-14-13(17-16-8)19-11-7-6-9-4-2-3-5-10(9)15-12(11)18/h2-5,11H,6-7H2,1H3,(H,15,18)(H,14,16,17). The van der Waals surface area contributed by atoms with Gasteiger partial charge in [0.1, 0.15) is 5.82 Å². The van der Waals surface area contributed by atoms with Gasteiger partial charge >= 0.3 is 0 Å². The normalized spacial score (nSPS) is 18.6. The summed E-state index contributed by atoms with van der Waals surface area (Å²) >= 11 is 1.41. The highest BCUT2D eigenvalue weighted by atomic mass is 32.2. The van der Waals surface area contributed by atoms with E-state index in [0.29, 0.717) is 5.16 Å². The van der Waals surface area contributed by atoms with Crippen LogP contribution in [0.5, 0.6) is 0 Å². The van der Waals surface area contributed by atoms with Gasteiger partial charge in [0, 0.05) is 5.69 Å². The maximum absolute atomic E-state index is 12.2. The van der Waals surface area contributed by atoms with Gasteiger partial charge in [-0.1, -0.05) is 30.0 Å². The number of anilines is 1. The number of fused-ring (bicyclic) bond motifs is 1. The van der Waals surface area contributed by atoms with Gasteiger partial charge in [-0.2, -0.15) is 0 Å². The Morgan fingerprint density at radius 2 is 2.21 bits per heavy atom. The molecule has 6 heteroatoms. The zero-order chi connectivity index (χ0) is 13.2. The van der Waals surface area contributed by atoms with Gasteiger partial charge in [-0.25, -0.2) is 4.98 Å². The lowest BCUT2D eigenvalue weighted by molar-refractivity contribution is -0.115. The number of nitrogens with one attached hydrogen (secondary N) is 2. The second kappa shape index (κ2) is 5.05. The zero-order valence-electron chi connectivity index (χ0n) is 10.5. The highest BCUT2D eigenvalue weighted by molar-refractivity contribution is 8.00. The van der Waals surface area contributed by atoms with Gasteiger partial charge in [-0.15, -0.1) is 5.10 Å². The predicted octanol–water partition coefficient (Wildman–Crippen LogP) is 2.16. The van der Waals surface area contributed by atoms with E-state index in [2.05, 4.69) is 26.6 Å². The van der Waals surface area contributed by atoms with E-state index in [1.54, 1.807) is 0 Å². The highest BCUT2D eigenvalue weighted by Gasteiger charge is 2.25. The van der Waals surface area contributed by atoms with Crippen molar-refractivity contribution in [3.8, 4) is 0 Å². The average molecular weight is 274 g/mol. The molecular formula is C13H14N4OS. The number of rotatable bonds is 2. The summed E-state index contributed by atoms with van der Waals surface area (Å²) < 4.78 is 0. The lowest BCUT2D eigenvalue weighted by Gasteiger charge is -2.09. The van der Waals surface area contributed by atoms with Crippen LogP contribution in [0.1, 0.15) is 17.8 Å². The van der Waals surface area contributed by atoms with Crippen LogP contribution in [0, 0.1) is 6.92 Å². The summed E-state index contributed by atoms with van der Waals surface area (Å²) in [5.74, 6) is 0.789. The molecular weight excluding hydrogens is 260 g/mol. The van der Waals surface area contributed by atoms with E-state index in [9.17, 15) is 4.79 Å². The van der Waals surface area contributed by atoms with Crippen LogP contribution in [0.25, 0.3) is 0 Å². The quantitative estimate of drug-likeness (QED) is 0.880. The number of thioether (sulfide) groups is 1. The van der Waals surface area contributed by atoms with E-state index in [1.807, 2.05) is 25.1 Å².